The van der Waals surface area contributed by atoms with Crippen molar-refractivity contribution in [3.05, 3.63) is 59.7 Å². The lowest BCUT2D eigenvalue weighted by Crippen LogP contribution is -2.10. The fourth-order valence-electron chi connectivity index (χ4n) is 2.03. The molecule has 0 amide bonds. The highest BCUT2D eigenvalue weighted by Crippen LogP contribution is 2.20. The van der Waals surface area contributed by atoms with Crippen molar-refractivity contribution in [3.8, 4) is 11.5 Å². The first-order valence-corrected chi connectivity index (χ1v) is 7.67. The summed E-state index contributed by atoms with van der Waals surface area (Å²) in [6.07, 6.45) is 2.06. The predicted octanol–water partition coefficient (Wildman–Crippen LogP) is 4.29. The zero-order chi connectivity index (χ0) is 16.7. The van der Waals surface area contributed by atoms with Crippen LogP contribution >= 0.6 is 0 Å². The Hall–Kier alpha value is -2.62. The number of rotatable bonds is 7. The topological polar surface area (TPSA) is 52.6 Å². The average molecular weight is 312 g/mol. The van der Waals surface area contributed by atoms with Crippen molar-refractivity contribution in [3.63, 3.8) is 0 Å². The number of carbonyl (C=O) groups is 2. The van der Waals surface area contributed by atoms with Gasteiger partial charge in [0, 0.05) is 0 Å². The van der Waals surface area contributed by atoms with E-state index in [0.29, 0.717) is 17.7 Å². The molecule has 0 saturated heterocycles. The quantitative estimate of drug-likeness (QED) is 0.331. The van der Waals surface area contributed by atoms with E-state index in [9.17, 15) is 9.59 Å². The first kappa shape index (κ1) is 16.7. The van der Waals surface area contributed by atoms with Gasteiger partial charge in [0.05, 0.1) is 17.7 Å². The third-order valence-corrected chi connectivity index (χ3v) is 3.33. The van der Waals surface area contributed by atoms with Crippen LogP contribution in [0.4, 0.5) is 0 Å². The van der Waals surface area contributed by atoms with E-state index in [1.807, 2.05) is 0 Å². The second-order valence-corrected chi connectivity index (χ2v) is 5.17. The molecule has 2 aromatic rings. The lowest BCUT2D eigenvalue weighted by molar-refractivity contribution is 0.0733. The van der Waals surface area contributed by atoms with E-state index in [0.717, 1.165) is 18.6 Å². The van der Waals surface area contributed by atoms with E-state index < -0.39 is 5.97 Å². The molecule has 4 nitrogen and oxygen atoms in total. The highest BCUT2D eigenvalue weighted by atomic mass is 16.5. The summed E-state index contributed by atoms with van der Waals surface area (Å²) in [5.74, 6) is 0.347. The minimum absolute atomic E-state index is 0.145. The highest BCUT2D eigenvalue weighted by Gasteiger charge is 2.13. The first-order chi connectivity index (χ1) is 11.1. The van der Waals surface area contributed by atoms with Crippen molar-refractivity contribution in [2.75, 3.05) is 6.61 Å². The fourth-order valence-corrected chi connectivity index (χ4v) is 2.03. The minimum atomic E-state index is -0.501. The number of unbranched alkanes of at least 4 members (excludes halogenated alkanes) is 1. The largest absolute Gasteiger partial charge is 0.494 e. The molecule has 120 valence electrons. The molecular weight excluding hydrogens is 292 g/mol. The molecule has 0 radical (unpaired) electrons. The van der Waals surface area contributed by atoms with Crippen LogP contribution in [0.25, 0.3) is 0 Å². The molecule has 0 heterocycles. The Bertz CT molecular complexity index is 674. The zero-order valence-corrected chi connectivity index (χ0v) is 13.4. The lowest BCUT2D eigenvalue weighted by atomic mass is 10.1. The summed E-state index contributed by atoms with van der Waals surface area (Å²) in [7, 11) is 0. The van der Waals surface area contributed by atoms with Crippen molar-refractivity contribution in [1.29, 1.82) is 0 Å². The van der Waals surface area contributed by atoms with Crippen LogP contribution < -0.4 is 9.47 Å². The summed E-state index contributed by atoms with van der Waals surface area (Å²) in [6.45, 7) is 4.20. The van der Waals surface area contributed by atoms with Crippen LogP contribution in [0.3, 0.4) is 0 Å². The number of ketones is 1. The number of benzene rings is 2. The normalized spacial score (nSPS) is 10.2. The van der Waals surface area contributed by atoms with Gasteiger partial charge in [0.15, 0.2) is 5.78 Å². The minimum Gasteiger partial charge on any atom is -0.494 e. The summed E-state index contributed by atoms with van der Waals surface area (Å²) in [5.41, 5.74) is 0.798. The molecule has 0 atom stereocenters. The summed E-state index contributed by atoms with van der Waals surface area (Å²) in [5, 5.41) is 0. The Morgan fingerprint density at radius 3 is 2.35 bits per heavy atom. The van der Waals surface area contributed by atoms with Crippen LogP contribution in [-0.4, -0.2) is 18.4 Å². The number of esters is 1. The second kappa shape index (κ2) is 8.13. The van der Waals surface area contributed by atoms with E-state index >= 15 is 0 Å². The number of hydrogen-bond acceptors (Lipinski definition) is 4. The van der Waals surface area contributed by atoms with Gasteiger partial charge in [-0.05, 0) is 49.7 Å². The number of Topliss-reactive ketones (excluding diaryl/α,β-unsaturated/α-hetero) is 1. The van der Waals surface area contributed by atoms with E-state index in [1.54, 1.807) is 48.5 Å². The van der Waals surface area contributed by atoms with Crippen molar-refractivity contribution < 1.29 is 19.1 Å². The molecular formula is C19H20O4. The SMILES string of the molecule is CCCCOc1ccc(C(=O)Oc2ccccc2C(C)=O)cc1. The molecule has 0 aliphatic carbocycles. The number of hydrogen-bond donors (Lipinski definition) is 0. The maximum atomic E-state index is 12.2. The van der Waals surface area contributed by atoms with Gasteiger partial charge in [-0.1, -0.05) is 25.5 Å². The van der Waals surface area contributed by atoms with Crippen molar-refractivity contribution >= 4 is 11.8 Å². The monoisotopic (exact) mass is 312 g/mol. The molecule has 4 heteroatoms. The predicted molar refractivity (Wildman–Crippen MR) is 88.3 cm³/mol. The average Bonchev–Trinajstić information content (AvgIpc) is 2.56. The van der Waals surface area contributed by atoms with Crippen molar-refractivity contribution in [2.24, 2.45) is 0 Å². The molecule has 23 heavy (non-hydrogen) atoms. The van der Waals surface area contributed by atoms with Gasteiger partial charge in [-0.3, -0.25) is 4.79 Å². The smallest absolute Gasteiger partial charge is 0.343 e. The fraction of sp³-hybridized carbons (Fsp3) is 0.263. The molecule has 0 fully saturated rings. The Morgan fingerprint density at radius 1 is 1.00 bits per heavy atom. The van der Waals surface area contributed by atoms with Crippen molar-refractivity contribution in [2.45, 2.75) is 26.7 Å². The molecule has 0 aliphatic heterocycles. The summed E-state index contributed by atoms with van der Waals surface area (Å²) < 4.78 is 10.9. The number of para-hydroxylation sites is 1. The van der Waals surface area contributed by atoms with Gasteiger partial charge in [0.25, 0.3) is 0 Å². The number of ether oxygens (including phenoxy) is 2. The van der Waals surface area contributed by atoms with Crippen LogP contribution in [0.5, 0.6) is 11.5 Å². The molecule has 2 rings (SSSR count). The molecule has 0 aliphatic rings. The van der Waals surface area contributed by atoms with Gasteiger partial charge in [0.1, 0.15) is 11.5 Å². The third-order valence-electron chi connectivity index (χ3n) is 3.33. The maximum Gasteiger partial charge on any atom is 0.343 e. The standard InChI is InChI=1S/C19H20O4/c1-3-4-13-22-16-11-9-15(10-12-16)19(21)23-18-8-6-5-7-17(18)14(2)20/h5-12H,3-4,13H2,1-2H3. The highest BCUT2D eigenvalue weighted by molar-refractivity contribution is 5.99. The first-order valence-electron chi connectivity index (χ1n) is 7.67. The van der Waals surface area contributed by atoms with E-state index in [-0.39, 0.29) is 11.5 Å². The van der Waals surface area contributed by atoms with Crippen LogP contribution in [-0.2, 0) is 0 Å². The van der Waals surface area contributed by atoms with Crippen LogP contribution in [0, 0.1) is 0 Å². The Kier molecular flexibility index (Phi) is 5.92. The molecule has 0 unspecified atom stereocenters. The Balaban J connectivity index is 2.05. The van der Waals surface area contributed by atoms with Gasteiger partial charge in [-0.2, -0.15) is 0 Å². The second-order valence-electron chi connectivity index (χ2n) is 5.17. The number of carbonyl (C=O) groups excluding carboxylic acids is 2. The zero-order valence-electron chi connectivity index (χ0n) is 13.4. The van der Waals surface area contributed by atoms with Crippen LogP contribution in [0.15, 0.2) is 48.5 Å². The van der Waals surface area contributed by atoms with Crippen LogP contribution in [0.2, 0.25) is 0 Å². The molecule has 2 aromatic carbocycles. The molecule has 0 spiro atoms. The molecule has 0 aromatic heterocycles. The maximum absolute atomic E-state index is 12.2. The summed E-state index contributed by atoms with van der Waals surface area (Å²) >= 11 is 0. The van der Waals surface area contributed by atoms with Crippen LogP contribution in [0.1, 0.15) is 47.4 Å². The summed E-state index contributed by atoms with van der Waals surface area (Å²) in [6, 6.07) is 13.5. The van der Waals surface area contributed by atoms with Gasteiger partial charge in [-0.15, -0.1) is 0 Å². The third kappa shape index (κ3) is 4.68. The lowest BCUT2D eigenvalue weighted by Gasteiger charge is -2.09. The van der Waals surface area contributed by atoms with E-state index in [4.69, 9.17) is 9.47 Å². The Labute approximate surface area is 136 Å². The van der Waals surface area contributed by atoms with Crippen molar-refractivity contribution in [1.82, 2.24) is 0 Å². The van der Waals surface area contributed by atoms with E-state index in [2.05, 4.69) is 6.92 Å². The molecule has 0 saturated carbocycles. The molecule has 0 N–H and O–H groups in total. The van der Waals surface area contributed by atoms with Gasteiger partial charge >= 0.3 is 5.97 Å². The Morgan fingerprint density at radius 2 is 1.70 bits per heavy atom. The van der Waals surface area contributed by atoms with Gasteiger partial charge in [-0.25, -0.2) is 4.79 Å². The van der Waals surface area contributed by atoms with Gasteiger partial charge in [0.2, 0.25) is 0 Å². The van der Waals surface area contributed by atoms with Gasteiger partial charge < -0.3 is 9.47 Å². The molecule has 0 bridgehead atoms. The van der Waals surface area contributed by atoms with E-state index in [1.165, 1.54) is 6.92 Å². The summed E-state index contributed by atoms with van der Waals surface area (Å²) in [4.78, 5) is 23.7.